The lowest BCUT2D eigenvalue weighted by molar-refractivity contribution is 0.664. The lowest BCUT2D eigenvalue weighted by Gasteiger charge is -2.03. The van der Waals surface area contributed by atoms with Crippen molar-refractivity contribution in [3.05, 3.63) is 40.1 Å². The zero-order valence-electron chi connectivity index (χ0n) is 7.96. The van der Waals surface area contributed by atoms with Gasteiger partial charge in [0.1, 0.15) is 11.5 Å². The number of halogens is 1. The Kier molecular flexibility index (Phi) is 2.51. The molecule has 2 aromatic heterocycles. The standard InChI is InChI=1S/C8H8ClN5O/c1-13-5-11-12-7(13)3-14-4-10-6(9)2-8(14)15/h2,4-5H,3H2,1H3. The molecule has 2 aromatic rings. The predicted molar refractivity (Wildman–Crippen MR) is 53.6 cm³/mol. The Labute approximate surface area is 90.2 Å². The molecule has 0 fully saturated rings. The maximum atomic E-state index is 11.5. The van der Waals surface area contributed by atoms with Crippen molar-refractivity contribution in [2.75, 3.05) is 0 Å². The monoisotopic (exact) mass is 225 g/mol. The molecular formula is C8H8ClN5O. The van der Waals surface area contributed by atoms with Crippen LogP contribution in [0.1, 0.15) is 5.82 Å². The zero-order chi connectivity index (χ0) is 10.8. The van der Waals surface area contributed by atoms with Crippen molar-refractivity contribution in [3.8, 4) is 0 Å². The topological polar surface area (TPSA) is 65.6 Å². The van der Waals surface area contributed by atoms with Crippen molar-refractivity contribution in [3.63, 3.8) is 0 Å². The largest absolute Gasteiger partial charge is 0.319 e. The van der Waals surface area contributed by atoms with E-state index in [0.717, 1.165) is 0 Å². The highest BCUT2D eigenvalue weighted by atomic mass is 35.5. The van der Waals surface area contributed by atoms with Crippen molar-refractivity contribution in [2.24, 2.45) is 7.05 Å². The molecule has 0 aliphatic carbocycles. The molecule has 0 bridgehead atoms. The van der Waals surface area contributed by atoms with Crippen molar-refractivity contribution in [1.29, 1.82) is 0 Å². The fourth-order valence-corrected chi connectivity index (χ4v) is 1.26. The van der Waals surface area contributed by atoms with Crippen LogP contribution in [-0.2, 0) is 13.6 Å². The van der Waals surface area contributed by atoms with Crippen molar-refractivity contribution in [2.45, 2.75) is 6.54 Å². The summed E-state index contributed by atoms with van der Waals surface area (Å²) in [7, 11) is 1.81. The minimum atomic E-state index is -0.210. The maximum absolute atomic E-state index is 11.5. The second-order valence-corrected chi connectivity index (χ2v) is 3.42. The fraction of sp³-hybridized carbons (Fsp3) is 0.250. The SMILES string of the molecule is Cn1cnnc1Cn1cnc(Cl)cc1=O. The number of nitrogens with zero attached hydrogens (tertiary/aromatic N) is 5. The Morgan fingerprint density at radius 3 is 2.87 bits per heavy atom. The van der Waals surface area contributed by atoms with Crippen LogP contribution in [0.5, 0.6) is 0 Å². The summed E-state index contributed by atoms with van der Waals surface area (Å²) >= 11 is 5.57. The van der Waals surface area contributed by atoms with Gasteiger partial charge < -0.3 is 4.57 Å². The van der Waals surface area contributed by atoms with Gasteiger partial charge in [-0.1, -0.05) is 11.6 Å². The van der Waals surface area contributed by atoms with Gasteiger partial charge in [0.05, 0.1) is 12.9 Å². The van der Waals surface area contributed by atoms with E-state index in [2.05, 4.69) is 15.2 Å². The van der Waals surface area contributed by atoms with Gasteiger partial charge in [0.25, 0.3) is 5.56 Å². The van der Waals surface area contributed by atoms with Crippen LogP contribution in [0.2, 0.25) is 5.15 Å². The first kappa shape index (κ1) is 9.85. The molecule has 0 atom stereocenters. The number of aryl methyl sites for hydroxylation is 1. The van der Waals surface area contributed by atoms with E-state index in [1.165, 1.54) is 17.0 Å². The van der Waals surface area contributed by atoms with E-state index in [1.807, 2.05) is 7.05 Å². The number of aromatic nitrogens is 5. The third-order valence-corrected chi connectivity index (χ3v) is 2.17. The molecule has 0 saturated carbocycles. The first-order valence-corrected chi connectivity index (χ1v) is 4.59. The highest BCUT2D eigenvalue weighted by Gasteiger charge is 2.03. The average Bonchev–Trinajstić information content (AvgIpc) is 2.57. The molecule has 2 rings (SSSR count). The highest BCUT2D eigenvalue weighted by molar-refractivity contribution is 6.29. The molecule has 2 heterocycles. The van der Waals surface area contributed by atoms with E-state index in [1.54, 1.807) is 10.9 Å². The van der Waals surface area contributed by atoms with Crippen molar-refractivity contribution < 1.29 is 0 Å². The number of hydrogen-bond acceptors (Lipinski definition) is 4. The Bertz CT molecular complexity index is 532. The van der Waals surface area contributed by atoms with Crippen molar-refractivity contribution >= 4 is 11.6 Å². The summed E-state index contributed by atoms with van der Waals surface area (Å²) in [5.74, 6) is 0.682. The van der Waals surface area contributed by atoms with Crippen LogP contribution in [0.25, 0.3) is 0 Å². The van der Waals surface area contributed by atoms with Crippen LogP contribution < -0.4 is 5.56 Å². The zero-order valence-corrected chi connectivity index (χ0v) is 8.72. The predicted octanol–water partition coefficient (Wildman–Crippen LogP) is 0.0735. The summed E-state index contributed by atoms with van der Waals surface area (Å²) in [5.41, 5.74) is -0.210. The summed E-state index contributed by atoms with van der Waals surface area (Å²) in [6, 6.07) is 1.26. The molecule has 0 aliphatic heterocycles. The van der Waals surface area contributed by atoms with Gasteiger partial charge in [-0.15, -0.1) is 10.2 Å². The van der Waals surface area contributed by atoms with Crippen LogP contribution in [0.4, 0.5) is 0 Å². The normalized spacial score (nSPS) is 10.5. The summed E-state index contributed by atoms with van der Waals surface area (Å²) < 4.78 is 3.15. The summed E-state index contributed by atoms with van der Waals surface area (Å²) in [4.78, 5) is 15.3. The minimum Gasteiger partial charge on any atom is -0.319 e. The molecule has 0 aromatic carbocycles. The van der Waals surface area contributed by atoms with E-state index in [0.29, 0.717) is 12.4 Å². The first-order chi connectivity index (χ1) is 7.16. The van der Waals surface area contributed by atoms with Gasteiger partial charge in [0.15, 0.2) is 5.82 Å². The van der Waals surface area contributed by atoms with Crippen LogP contribution in [0.3, 0.4) is 0 Å². The second-order valence-electron chi connectivity index (χ2n) is 3.04. The molecule has 78 valence electrons. The van der Waals surface area contributed by atoms with Gasteiger partial charge in [-0.25, -0.2) is 4.98 Å². The van der Waals surface area contributed by atoms with Crippen LogP contribution in [0, 0.1) is 0 Å². The molecule has 7 heteroatoms. The third kappa shape index (κ3) is 2.04. The first-order valence-electron chi connectivity index (χ1n) is 4.21. The van der Waals surface area contributed by atoms with E-state index in [4.69, 9.17) is 11.6 Å². The summed E-state index contributed by atoms with van der Waals surface area (Å²) in [6.45, 7) is 0.333. The second kappa shape index (κ2) is 3.82. The van der Waals surface area contributed by atoms with Gasteiger partial charge >= 0.3 is 0 Å². The smallest absolute Gasteiger partial charge is 0.255 e. The van der Waals surface area contributed by atoms with Gasteiger partial charge in [-0.3, -0.25) is 9.36 Å². The van der Waals surface area contributed by atoms with Crippen LogP contribution in [-0.4, -0.2) is 24.3 Å². The van der Waals surface area contributed by atoms with Gasteiger partial charge in [0.2, 0.25) is 0 Å². The molecule has 0 N–H and O–H groups in total. The highest BCUT2D eigenvalue weighted by Crippen LogP contribution is 1.98. The number of hydrogen-bond donors (Lipinski definition) is 0. The van der Waals surface area contributed by atoms with Gasteiger partial charge in [-0.05, 0) is 0 Å². The summed E-state index contributed by atoms with van der Waals surface area (Å²) in [6.07, 6.45) is 2.96. The average molecular weight is 226 g/mol. The quantitative estimate of drug-likeness (QED) is 0.679. The molecular weight excluding hydrogens is 218 g/mol. The Hall–Kier alpha value is -1.69. The summed E-state index contributed by atoms with van der Waals surface area (Å²) in [5, 5.41) is 7.77. The van der Waals surface area contributed by atoms with Crippen molar-refractivity contribution in [1.82, 2.24) is 24.3 Å². The maximum Gasteiger partial charge on any atom is 0.255 e. The molecule has 0 spiro atoms. The fourth-order valence-electron chi connectivity index (χ4n) is 1.13. The molecule has 6 nitrogen and oxygen atoms in total. The molecule has 0 amide bonds. The lowest BCUT2D eigenvalue weighted by atomic mass is 10.5. The molecule has 0 saturated heterocycles. The Morgan fingerprint density at radius 2 is 2.27 bits per heavy atom. The Balaban J connectivity index is 2.33. The molecule has 15 heavy (non-hydrogen) atoms. The molecule has 0 unspecified atom stereocenters. The molecule has 0 radical (unpaired) electrons. The van der Waals surface area contributed by atoms with Gasteiger partial charge in [0, 0.05) is 13.1 Å². The van der Waals surface area contributed by atoms with Gasteiger partial charge in [-0.2, -0.15) is 0 Å². The minimum absolute atomic E-state index is 0.189. The third-order valence-electron chi connectivity index (χ3n) is 1.96. The van der Waals surface area contributed by atoms with Crippen LogP contribution >= 0.6 is 11.6 Å². The van der Waals surface area contributed by atoms with E-state index < -0.39 is 0 Å². The van der Waals surface area contributed by atoms with E-state index >= 15 is 0 Å². The van der Waals surface area contributed by atoms with Crippen LogP contribution in [0.15, 0.2) is 23.5 Å². The number of rotatable bonds is 2. The Morgan fingerprint density at radius 1 is 1.47 bits per heavy atom. The van der Waals surface area contributed by atoms with E-state index in [9.17, 15) is 4.79 Å². The molecule has 0 aliphatic rings. The van der Waals surface area contributed by atoms with E-state index in [-0.39, 0.29) is 10.7 Å². The lowest BCUT2D eigenvalue weighted by Crippen LogP contribution is -2.21.